The van der Waals surface area contributed by atoms with Crippen molar-refractivity contribution in [2.45, 2.75) is 129 Å². The average Bonchev–Trinajstić information content (AvgIpc) is 3.17. The standard InChI is InChI=1S/C43H64N2O11/c1-11-33-43(8,51)39-27(4)35(44-34(47)22-46)25(2)21-42(7,53-24-31(23-52-39)19-15-18-30-16-13-12-14-17-30)38(28(5)36(48)29(6)40(50)55-33)56-41-37(49)32(45(9)10)20-26(3)54-41/h12-19,25-29,32-33,37-39,41,46,49,51H,11,20-24H2,1-10H3/b18-15+,31-19+,44-35?/t25-,26-,27+,28+,29-,32+,33-,37-,38-,39?,41+,42-,43-/m1/s1. The van der Waals surface area contributed by atoms with Crippen LogP contribution in [0.5, 0.6) is 0 Å². The molecule has 0 saturated carbocycles. The van der Waals surface area contributed by atoms with E-state index in [0.29, 0.717) is 17.7 Å². The van der Waals surface area contributed by atoms with E-state index in [2.05, 4.69) is 4.99 Å². The van der Waals surface area contributed by atoms with E-state index in [4.69, 9.17) is 23.7 Å². The normalized spacial score (nSPS) is 39.6. The molecule has 0 aromatic heterocycles. The molecular weight excluding hydrogens is 720 g/mol. The predicted molar refractivity (Wildman–Crippen MR) is 212 cm³/mol. The highest BCUT2D eigenvalue weighted by Crippen LogP contribution is 2.40. The SMILES string of the molecule is CC[C@H]1OC(=O)[C@H](C)C(=O)[C@H](C)[C@@H](O[C@@H]2O[C@H](C)C[C@H](N(C)C)[C@H]2O)[C@@]2(C)C[C@@H](C)C(=NC(=O)CO)[C@H](C)C(OC/C(=C\C=C\c3ccccc3)CO2)[C@]1(C)O. The summed E-state index contributed by atoms with van der Waals surface area (Å²) in [6.07, 6.45) is 0.657. The van der Waals surface area contributed by atoms with Crippen LogP contribution >= 0.6 is 0 Å². The molecule has 13 atom stereocenters. The number of cyclic esters (lactones) is 1. The fourth-order valence-electron chi connectivity index (χ4n) is 8.53. The summed E-state index contributed by atoms with van der Waals surface area (Å²) in [5.41, 5.74) is -1.23. The smallest absolute Gasteiger partial charge is 0.316 e. The minimum atomic E-state index is -1.84. The van der Waals surface area contributed by atoms with Gasteiger partial charge in [-0.3, -0.25) is 14.4 Å². The predicted octanol–water partition coefficient (Wildman–Crippen LogP) is 4.16. The Bertz CT molecular complexity index is 1590. The molecule has 3 N–H and O–H groups in total. The fourth-order valence-corrected chi connectivity index (χ4v) is 8.53. The minimum absolute atomic E-state index is 0.00139. The highest BCUT2D eigenvalue weighted by Gasteiger charge is 2.53. The number of aliphatic hydroxyl groups excluding tert-OH is 2. The van der Waals surface area contributed by atoms with Crippen molar-refractivity contribution in [3.8, 4) is 0 Å². The van der Waals surface area contributed by atoms with Crippen molar-refractivity contribution in [1.82, 2.24) is 4.90 Å². The molecule has 2 bridgehead atoms. The van der Waals surface area contributed by atoms with Crippen LogP contribution in [0.3, 0.4) is 0 Å². The van der Waals surface area contributed by atoms with Crippen LogP contribution in [0, 0.1) is 23.7 Å². The molecule has 4 rings (SSSR count). The second-order valence-corrected chi connectivity index (χ2v) is 16.5. The zero-order valence-electron chi connectivity index (χ0n) is 34.7. The number of Topliss-reactive ketones (excluding diaryl/α,β-unsaturated/α-hetero) is 1. The number of aliphatic imine (C=N–C) groups is 1. The average molecular weight is 785 g/mol. The number of hydrogen-bond acceptors (Lipinski definition) is 12. The highest BCUT2D eigenvalue weighted by molar-refractivity contribution is 6.00. The number of esters is 1. The number of ketones is 1. The van der Waals surface area contributed by atoms with Gasteiger partial charge in [-0.05, 0) is 78.1 Å². The van der Waals surface area contributed by atoms with Gasteiger partial charge in [0.05, 0.1) is 37.1 Å². The van der Waals surface area contributed by atoms with Gasteiger partial charge in [-0.1, -0.05) is 76.3 Å². The van der Waals surface area contributed by atoms with Crippen molar-refractivity contribution < 1.29 is 53.4 Å². The van der Waals surface area contributed by atoms with Gasteiger partial charge in [0, 0.05) is 23.6 Å². The van der Waals surface area contributed by atoms with Crippen LogP contribution in [0.1, 0.15) is 80.2 Å². The molecule has 312 valence electrons. The van der Waals surface area contributed by atoms with E-state index >= 15 is 0 Å². The molecule has 0 aliphatic carbocycles. The number of allylic oxidation sites excluding steroid dienone is 2. The van der Waals surface area contributed by atoms with E-state index in [1.54, 1.807) is 20.8 Å². The van der Waals surface area contributed by atoms with Crippen LogP contribution in [-0.4, -0.2) is 132 Å². The summed E-state index contributed by atoms with van der Waals surface area (Å²) in [6, 6.07) is 9.44. The first kappa shape index (κ1) is 45.6. The summed E-state index contributed by atoms with van der Waals surface area (Å²) in [5, 5.41) is 33.9. The lowest BCUT2D eigenvalue weighted by Crippen LogP contribution is -2.60. The molecule has 3 heterocycles. The van der Waals surface area contributed by atoms with Crippen molar-refractivity contribution in [2.24, 2.45) is 28.7 Å². The van der Waals surface area contributed by atoms with Gasteiger partial charge in [0.2, 0.25) is 0 Å². The number of nitrogens with zero attached hydrogens (tertiary/aromatic N) is 2. The first-order valence-electron chi connectivity index (χ1n) is 19.8. The molecule has 0 radical (unpaired) electrons. The number of ether oxygens (including phenoxy) is 5. The molecule has 3 saturated heterocycles. The maximum atomic E-state index is 14.5. The molecule has 13 heteroatoms. The molecule has 1 aromatic rings. The minimum Gasteiger partial charge on any atom is -0.459 e. The summed E-state index contributed by atoms with van der Waals surface area (Å²) >= 11 is 0. The third-order valence-corrected chi connectivity index (χ3v) is 11.7. The van der Waals surface area contributed by atoms with E-state index in [1.807, 2.05) is 88.3 Å². The second-order valence-electron chi connectivity index (χ2n) is 16.5. The van der Waals surface area contributed by atoms with Gasteiger partial charge >= 0.3 is 5.97 Å². The number of carbonyl (C=O) groups is 3. The van der Waals surface area contributed by atoms with Crippen molar-refractivity contribution >= 4 is 29.4 Å². The Morgan fingerprint density at radius 2 is 1.73 bits per heavy atom. The quantitative estimate of drug-likeness (QED) is 0.267. The van der Waals surface area contributed by atoms with Gasteiger partial charge in [-0.15, -0.1) is 0 Å². The van der Waals surface area contributed by atoms with Gasteiger partial charge in [0.25, 0.3) is 5.91 Å². The summed E-state index contributed by atoms with van der Waals surface area (Å²) in [4.78, 5) is 47.5. The number of benzene rings is 1. The lowest BCUT2D eigenvalue weighted by atomic mass is 9.73. The van der Waals surface area contributed by atoms with Crippen molar-refractivity contribution in [1.29, 1.82) is 0 Å². The Balaban J connectivity index is 1.98. The summed E-state index contributed by atoms with van der Waals surface area (Å²) in [7, 11) is 3.73. The van der Waals surface area contributed by atoms with Gasteiger partial charge in [-0.25, -0.2) is 4.99 Å². The molecule has 3 aliphatic heterocycles. The number of hydrogen-bond donors (Lipinski definition) is 3. The Labute approximate surface area is 332 Å². The first-order valence-corrected chi connectivity index (χ1v) is 19.8. The molecule has 56 heavy (non-hydrogen) atoms. The van der Waals surface area contributed by atoms with E-state index in [0.717, 1.165) is 5.56 Å². The van der Waals surface area contributed by atoms with Gasteiger partial charge in [-0.2, -0.15) is 0 Å². The number of carbonyl (C=O) groups excluding carboxylic acids is 3. The second kappa shape index (κ2) is 19.5. The van der Waals surface area contributed by atoms with E-state index in [9.17, 15) is 29.7 Å². The molecular formula is C43H64N2O11. The van der Waals surface area contributed by atoms with Crippen LogP contribution in [0.25, 0.3) is 6.08 Å². The zero-order chi connectivity index (χ0) is 41.5. The first-order chi connectivity index (χ1) is 26.3. The maximum Gasteiger partial charge on any atom is 0.316 e. The molecule has 1 unspecified atom stereocenters. The van der Waals surface area contributed by atoms with E-state index in [-0.39, 0.29) is 38.2 Å². The van der Waals surface area contributed by atoms with Crippen LogP contribution in [0.4, 0.5) is 0 Å². The summed E-state index contributed by atoms with van der Waals surface area (Å²) in [5.74, 6) is -5.69. The number of fused-ring (bicyclic) bond motifs is 5. The fraction of sp³-hybridized carbons (Fsp3) is 0.674. The van der Waals surface area contributed by atoms with Crippen molar-refractivity contribution in [2.75, 3.05) is 33.9 Å². The zero-order valence-corrected chi connectivity index (χ0v) is 34.7. The Kier molecular flexibility index (Phi) is 15.9. The van der Waals surface area contributed by atoms with Crippen molar-refractivity contribution in [3.63, 3.8) is 0 Å². The van der Waals surface area contributed by atoms with E-state index < -0.39 is 89.8 Å². The third-order valence-electron chi connectivity index (χ3n) is 11.7. The molecule has 3 fully saturated rings. The highest BCUT2D eigenvalue weighted by atomic mass is 16.7. The Hall–Kier alpha value is -3.14. The number of amides is 1. The van der Waals surface area contributed by atoms with Crippen LogP contribution in [0.15, 0.2) is 53.0 Å². The Morgan fingerprint density at radius 1 is 1.05 bits per heavy atom. The maximum absolute atomic E-state index is 14.5. The van der Waals surface area contributed by atoms with E-state index in [1.165, 1.54) is 13.8 Å². The van der Waals surface area contributed by atoms with Crippen LogP contribution in [0.2, 0.25) is 0 Å². The summed E-state index contributed by atoms with van der Waals surface area (Å²) < 4.78 is 32.5. The van der Waals surface area contributed by atoms with Gasteiger partial charge < -0.3 is 43.9 Å². The monoisotopic (exact) mass is 784 g/mol. The number of rotatable bonds is 7. The van der Waals surface area contributed by atoms with Gasteiger partial charge in [0.1, 0.15) is 30.3 Å². The largest absolute Gasteiger partial charge is 0.459 e. The summed E-state index contributed by atoms with van der Waals surface area (Å²) in [6.45, 7) is 12.9. The van der Waals surface area contributed by atoms with Crippen LogP contribution in [-0.2, 0) is 38.1 Å². The number of likely N-dealkylation sites (N-methyl/N-ethyl adjacent to an activating group) is 1. The molecule has 1 aromatic carbocycles. The molecule has 0 spiro atoms. The molecule has 3 aliphatic rings. The lowest BCUT2D eigenvalue weighted by Gasteiger charge is -2.47. The molecule has 1 amide bonds. The van der Waals surface area contributed by atoms with Crippen LogP contribution < -0.4 is 0 Å². The Morgan fingerprint density at radius 3 is 2.36 bits per heavy atom. The van der Waals surface area contributed by atoms with Gasteiger partial charge in [0.15, 0.2) is 12.1 Å². The topological polar surface area (TPSA) is 174 Å². The van der Waals surface area contributed by atoms with Crippen molar-refractivity contribution in [3.05, 3.63) is 53.6 Å². The molecule has 13 nitrogen and oxygen atoms in total. The lowest BCUT2D eigenvalue weighted by molar-refractivity contribution is -0.296. The third kappa shape index (κ3) is 10.7. The number of aliphatic hydroxyl groups is 3.